The van der Waals surface area contributed by atoms with Gasteiger partial charge in [0.05, 0.1) is 0 Å². The molecule has 2 N–H and O–H groups in total. The average molecular weight is 290 g/mol. The summed E-state index contributed by atoms with van der Waals surface area (Å²) in [5.41, 5.74) is 6.79. The third kappa shape index (κ3) is 2.77. The van der Waals surface area contributed by atoms with Crippen molar-refractivity contribution < 1.29 is 0 Å². The molecule has 1 aromatic carbocycles. The number of nitrogens with two attached hydrogens (primary N) is 1. The summed E-state index contributed by atoms with van der Waals surface area (Å²) < 4.78 is 0. The van der Waals surface area contributed by atoms with Crippen LogP contribution in [0.4, 0.5) is 17.5 Å². The summed E-state index contributed by atoms with van der Waals surface area (Å²) in [6, 6.07) is 9.86. The standard InChI is InChI=1S/C14H16ClN5/c15-11-2-1-3-12(10-11)19-6-8-20(9-7-19)13-4-5-17-14(16)18-13/h1-5,10H,6-9H2,(H2,16,17,18). The third-order valence-electron chi connectivity index (χ3n) is 3.44. The molecule has 20 heavy (non-hydrogen) atoms. The first-order valence-electron chi connectivity index (χ1n) is 6.56. The van der Waals surface area contributed by atoms with Gasteiger partial charge in [0.2, 0.25) is 5.95 Å². The molecule has 1 fully saturated rings. The van der Waals surface area contributed by atoms with E-state index in [9.17, 15) is 0 Å². The van der Waals surface area contributed by atoms with Crippen LogP contribution < -0.4 is 15.5 Å². The van der Waals surface area contributed by atoms with Crippen LogP contribution in [0.25, 0.3) is 0 Å². The topological polar surface area (TPSA) is 58.3 Å². The Morgan fingerprint density at radius 3 is 2.50 bits per heavy atom. The van der Waals surface area contributed by atoms with E-state index in [0.717, 1.165) is 37.0 Å². The highest BCUT2D eigenvalue weighted by Gasteiger charge is 2.18. The second-order valence-electron chi connectivity index (χ2n) is 4.73. The summed E-state index contributed by atoms with van der Waals surface area (Å²) in [7, 11) is 0. The molecule has 0 aliphatic carbocycles. The van der Waals surface area contributed by atoms with Crippen LogP contribution in [0.1, 0.15) is 0 Å². The van der Waals surface area contributed by atoms with Gasteiger partial charge in [0.1, 0.15) is 5.82 Å². The van der Waals surface area contributed by atoms with Crippen LogP contribution in [-0.4, -0.2) is 36.1 Å². The molecule has 104 valence electrons. The minimum absolute atomic E-state index is 0.319. The summed E-state index contributed by atoms with van der Waals surface area (Å²) in [5, 5.41) is 0.772. The predicted octanol–water partition coefficient (Wildman–Crippen LogP) is 2.04. The Balaban J connectivity index is 1.68. The summed E-state index contributed by atoms with van der Waals surface area (Å²) in [6.45, 7) is 3.68. The molecule has 1 aromatic heterocycles. The van der Waals surface area contributed by atoms with Crippen molar-refractivity contribution >= 4 is 29.1 Å². The second kappa shape index (κ2) is 5.54. The fourth-order valence-electron chi connectivity index (χ4n) is 2.41. The molecule has 2 heterocycles. The monoisotopic (exact) mass is 289 g/mol. The van der Waals surface area contributed by atoms with Gasteiger partial charge >= 0.3 is 0 Å². The van der Waals surface area contributed by atoms with E-state index in [4.69, 9.17) is 17.3 Å². The van der Waals surface area contributed by atoms with Gasteiger partial charge in [0, 0.05) is 43.1 Å². The van der Waals surface area contributed by atoms with Crippen molar-refractivity contribution in [2.24, 2.45) is 0 Å². The van der Waals surface area contributed by atoms with Crippen LogP contribution >= 0.6 is 11.6 Å². The van der Waals surface area contributed by atoms with Crippen molar-refractivity contribution in [2.75, 3.05) is 41.7 Å². The number of rotatable bonds is 2. The molecule has 2 aromatic rings. The van der Waals surface area contributed by atoms with Gasteiger partial charge in [-0.05, 0) is 24.3 Å². The Labute approximate surface area is 123 Å². The van der Waals surface area contributed by atoms with Gasteiger partial charge < -0.3 is 15.5 Å². The lowest BCUT2D eigenvalue weighted by Gasteiger charge is -2.36. The molecule has 0 saturated carbocycles. The SMILES string of the molecule is Nc1nccc(N2CCN(c3cccc(Cl)c3)CC2)n1. The minimum Gasteiger partial charge on any atom is -0.368 e. The number of piperazine rings is 1. The van der Waals surface area contributed by atoms with Crippen LogP contribution in [0.5, 0.6) is 0 Å². The highest BCUT2D eigenvalue weighted by molar-refractivity contribution is 6.30. The Bertz CT molecular complexity index is 542. The molecule has 0 amide bonds. The largest absolute Gasteiger partial charge is 0.368 e. The lowest BCUT2D eigenvalue weighted by Crippen LogP contribution is -2.46. The zero-order chi connectivity index (χ0) is 13.9. The molecule has 5 nitrogen and oxygen atoms in total. The zero-order valence-electron chi connectivity index (χ0n) is 11.0. The highest BCUT2D eigenvalue weighted by atomic mass is 35.5. The number of nitrogens with zero attached hydrogens (tertiary/aromatic N) is 4. The maximum absolute atomic E-state index is 6.04. The van der Waals surface area contributed by atoms with Gasteiger partial charge in [-0.15, -0.1) is 0 Å². The van der Waals surface area contributed by atoms with E-state index in [1.807, 2.05) is 24.3 Å². The van der Waals surface area contributed by atoms with Crippen LogP contribution in [0, 0.1) is 0 Å². The molecule has 0 spiro atoms. The number of aromatic nitrogens is 2. The van der Waals surface area contributed by atoms with Gasteiger partial charge in [0.15, 0.2) is 0 Å². The Kier molecular flexibility index (Phi) is 3.60. The molecule has 6 heteroatoms. The lowest BCUT2D eigenvalue weighted by atomic mass is 10.2. The fourth-order valence-corrected chi connectivity index (χ4v) is 2.59. The van der Waals surface area contributed by atoms with Crippen LogP contribution in [0.3, 0.4) is 0 Å². The van der Waals surface area contributed by atoms with Crippen molar-refractivity contribution in [1.82, 2.24) is 9.97 Å². The number of hydrogen-bond acceptors (Lipinski definition) is 5. The molecule has 0 unspecified atom stereocenters. The number of hydrogen-bond donors (Lipinski definition) is 1. The van der Waals surface area contributed by atoms with Gasteiger partial charge in [-0.1, -0.05) is 17.7 Å². The van der Waals surface area contributed by atoms with E-state index < -0.39 is 0 Å². The van der Waals surface area contributed by atoms with Crippen LogP contribution in [-0.2, 0) is 0 Å². The van der Waals surface area contributed by atoms with Crippen molar-refractivity contribution in [2.45, 2.75) is 0 Å². The first-order chi connectivity index (χ1) is 9.72. The maximum Gasteiger partial charge on any atom is 0.221 e. The van der Waals surface area contributed by atoms with Crippen molar-refractivity contribution in [3.8, 4) is 0 Å². The van der Waals surface area contributed by atoms with Gasteiger partial charge in [-0.3, -0.25) is 0 Å². The van der Waals surface area contributed by atoms with E-state index in [1.54, 1.807) is 6.20 Å². The molecular weight excluding hydrogens is 274 g/mol. The molecule has 1 aliphatic heterocycles. The molecule has 1 saturated heterocycles. The molecular formula is C14H16ClN5. The van der Waals surface area contributed by atoms with E-state index in [2.05, 4.69) is 25.8 Å². The van der Waals surface area contributed by atoms with Crippen molar-refractivity contribution in [3.05, 3.63) is 41.6 Å². The Morgan fingerprint density at radius 1 is 1.05 bits per heavy atom. The van der Waals surface area contributed by atoms with Crippen LogP contribution in [0.2, 0.25) is 5.02 Å². The van der Waals surface area contributed by atoms with Gasteiger partial charge in [0.25, 0.3) is 0 Å². The van der Waals surface area contributed by atoms with E-state index in [-0.39, 0.29) is 0 Å². The fraction of sp³-hybridized carbons (Fsp3) is 0.286. The molecule has 0 bridgehead atoms. The summed E-state index contributed by atoms with van der Waals surface area (Å²) in [4.78, 5) is 12.7. The number of benzene rings is 1. The van der Waals surface area contributed by atoms with E-state index in [1.165, 1.54) is 5.69 Å². The van der Waals surface area contributed by atoms with E-state index >= 15 is 0 Å². The number of nitrogen functional groups attached to an aromatic ring is 1. The Morgan fingerprint density at radius 2 is 1.80 bits per heavy atom. The molecule has 0 radical (unpaired) electrons. The van der Waals surface area contributed by atoms with Crippen LogP contribution in [0.15, 0.2) is 36.5 Å². The number of halogens is 1. The third-order valence-corrected chi connectivity index (χ3v) is 3.67. The average Bonchev–Trinajstić information content (AvgIpc) is 2.47. The first kappa shape index (κ1) is 13.0. The van der Waals surface area contributed by atoms with Crippen molar-refractivity contribution in [1.29, 1.82) is 0 Å². The molecule has 1 aliphatic rings. The van der Waals surface area contributed by atoms with E-state index in [0.29, 0.717) is 5.95 Å². The van der Waals surface area contributed by atoms with Gasteiger partial charge in [-0.2, -0.15) is 4.98 Å². The lowest BCUT2D eigenvalue weighted by molar-refractivity contribution is 0.647. The first-order valence-corrected chi connectivity index (χ1v) is 6.94. The molecule has 3 rings (SSSR count). The summed E-state index contributed by atoms with van der Waals surface area (Å²) in [5.74, 6) is 1.21. The minimum atomic E-state index is 0.319. The van der Waals surface area contributed by atoms with Crippen molar-refractivity contribution in [3.63, 3.8) is 0 Å². The highest BCUT2D eigenvalue weighted by Crippen LogP contribution is 2.22. The summed E-state index contributed by atoms with van der Waals surface area (Å²) in [6.07, 6.45) is 1.70. The second-order valence-corrected chi connectivity index (χ2v) is 5.16. The zero-order valence-corrected chi connectivity index (χ0v) is 11.8. The summed E-state index contributed by atoms with van der Waals surface area (Å²) >= 11 is 6.04. The van der Waals surface area contributed by atoms with Gasteiger partial charge in [-0.25, -0.2) is 4.98 Å². The quantitative estimate of drug-likeness (QED) is 0.917. The Hall–Kier alpha value is -2.01. The predicted molar refractivity (Wildman–Crippen MR) is 82.3 cm³/mol. The molecule has 0 atom stereocenters. The maximum atomic E-state index is 6.04. The number of anilines is 3. The normalized spacial score (nSPS) is 15.4. The smallest absolute Gasteiger partial charge is 0.221 e.